The van der Waals surface area contributed by atoms with Crippen LogP contribution in [0.3, 0.4) is 0 Å². The molecule has 1 aromatic heterocycles. The molecular weight excluding hydrogens is 370 g/mol. The van der Waals surface area contributed by atoms with Crippen molar-refractivity contribution in [3.8, 4) is 11.5 Å². The van der Waals surface area contributed by atoms with Crippen LogP contribution in [0.5, 0.6) is 11.5 Å². The number of amides is 1. The van der Waals surface area contributed by atoms with Gasteiger partial charge in [0.15, 0.2) is 11.5 Å². The van der Waals surface area contributed by atoms with Crippen LogP contribution in [0.2, 0.25) is 0 Å². The predicted molar refractivity (Wildman–Crippen MR) is 101 cm³/mol. The molecule has 27 heavy (non-hydrogen) atoms. The van der Waals surface area contributed by atoms with E-state index in [1.54, 1.807) is 25.1 Å². The molecule has 0 radical (unpaired) electrons. The summed E-state index contributed by atoms with van der Waals surface area (Å²) < 4.78 is 11.7. The number of methoxy groups -OCH3 is 1. The number of hydrogen-bond acceptors (Lipinski definition) is 7. The van der Waals surface area contributed by atoms with Gasteiger partial charge in [-0.25, -0.2) is 4.68 Å². The number of benzene rings is 1. The number of aromatic nitrogens is 2. The third kappa shape index (κ3) is 3.87. The lowest BCUT2D eigenvalue weighted by atomic mass is 10.0. The minimum atomic E-state index is -0.420. The molecule has 0 aliphatic carbocycles. The number of carbonyl (C=O) groups is 2. The summed E-state index contributed by atoms with van der Waals surface area (Å²) >= 11 is 1.45. The number of ether oxygens (including phenoxy) is 2. The molecule has 0 saturated heterocycles. The van der Waals surface area contributed by atoms with Crippen LogP contribution in [0.25, 0.3) is 0 Å². The molecule has 2 heterocycles. The molecule has 3 rings (SSSR count). The summed E-state index contributed by atoms with van der Waals surface area (Å²) in [7, 11) is 1.48. The summed E-state index contributed by atoms with van der Waals surface area (Å²) in [5.41, 5.74) is 2.40. The van der Waals surface area contributed by atoms with E-state index >= 15 is 0 Å². The zero-order valence-electron chi connectivity index (χ0n) is 15.3. The molecule has 1 aliphatic heterocycles. The molecule has 144 valence electrons. The number of phenols is 1. The second-order valence-corrected chi connectivity index (χ2v) is 7.07. The Bertz CT molecular complexity index is 880. The van der Waals surface area contributed by atoms with Crippen molar-refractivity contribution in [2.45, 2.75) is 25.6 Å². The standard InChI is InChI=1S/C18H21N3O5S/c1-4-26-15(24)8-21-18-16(10(2)20-21)17(27-9-14(23)19-18)11-5-6-12(22)13(7-11)25-3/h5-7,17,22H,4,8-9H2,1-3H3,(H,19,23). The van der Waals surface area contributed by atoms with Gasteiger partial charge in [0.25, 0.3) is 0 Å². The Labute approximate surface area is 160 Å². The number of esters is 1. The average Bonchev–Trinajstić information content (AvgIpc) is 2.81. The van der Waals surface area contributed by atoms with Crippen LogP contribution >= 0.6 is 11.8 Å². The van der Waals surface area contributed by atoms with E-state index in [2.05, 4.69) is 10.4 Å². The van der Waals surface area contributed by atoms with Crippen molar-refractivity contribution in [3.05, 3.63) is 35.0 Å². The van der Waals surface area contributed by atoms with Gasteiger partial charge in [0, 0.05) is 5.56 Å². The van der Waals surface area contributed by atoms with E-state index in [1.807, 2.05) is 6.92 Å². The van der Waals surface area contributed by atoms with E-state index in [-0.39, 0.29) is 35.8 Å². The number of fused-ring (bicyclic) bond motifs is 1. The summed E-state index contributed by atoms with van der Waals surface area (Å²) in [6, 6.07) is 5.10. The Balaban J connectivity index is 2.06. The summed E-state index contributed by atoms with van der Waals surface area (Å²) in [4.78, 5) is 24.1. The van der Waals surface area contributed by atoms with Gasteiger partial charge in [-0.3, -0.25) is 9.59 Å². The summed E-state index contributed by atoms with van der Waals surface area (Å²) in [5.74, 6) is 0.559. The lowest BCUT2D eigenvalue weighted by molar-refractivity contribution is -0.144. The van der Waals surface area contributed by atoms with E-state index in [0.29, 0.717) is 17.3 Å². The predicted octanol–water partition coefficient (Wildman–Crippen LogP) is 2.24. The molecule has 1 amide bonds. The molecule has 2 N–H and O–H groups in total. The molecule has 1 unspecified atom stereocenters. The highest BCUT2D eigenvalue weighted by Gasteiger charge is 2.31. The first kappa shape index (κ1) is 19.1. The van der Waals surface area contributed by atoms with Gasteiger partial charge in [-0.1, -0.05) is 6.07 Å². The summed E-state index contributed by atoms with van der Waals surface area (Å²) in [5, 5.41) is 16.9. The number of thioether (sulfide) groups is 1. The van der Waals surface area contributed by atoms with Gasteiger partial charge < -0.3 is 19.9 Å². The maximum Gasteiger partial charge on any atom is 0.327 e. The number of rotatable bonds is 5. The molecular formula is C18H21N3O5S. The molecule has 1 aliphatic rings. The first-order chi connectivity index (χ1) is 12.9. The topological polar surface area (TPSA) is 103 Å². The van der Waals surface area contributed by atoms with Crippen LogP contribution in [0, 0.1) is 6.92 Å². The summed E-state index contributed by atoms with van der Waals surface area (Å²) in [6.45, 7) is 3.77. The zero-order chi connectivity index (χ0) is 19.6. The lowest BCUT2D eigenvalue weighted by Gasteiger charge is -2.16. The van der Waals surface area contributed by atoms with Gasteiger partial charge in [-0.2, -0.15) is 5.10 Å². The highest BCUT2D eigenvalue weighted by molar-refractivity contribution is 8.00. The smallest absolute Gasteiger partial charge is 0.327 e. The largest absolute Gasteiger partial charge is 0.504 e. The van der Waals surface area contributed by atoms with Crippen molar-refractivity contribution in [1.82, 2.24) is 9.78 Å². The quantitative estimate of drug-likeness (QED) is 0.754. The second kappa shape index (κ2) is 7.91. The van der Waals surface area contributed by atoms with Gasteiger partial charge in [-0.15, -0.1) is 11.8 Å². The van der Waals surface area contributed by atoms with Gasteiger partial charge in [-0.05, 0) is 31.5 Å². The molecule has 1 atom stereocenters. The zero-order valence-corrected chi connectivity index (χ0v) is 16.1. The van der Waals surface area contributed by atoms with Crippen LogP contribution in [-0.2, 0) is 20.9 Å². The number of nitrogens with zero attached hydrogens (tertiary/aromatic N) is 2. The van der Waals surface area contributed by atoms with Crippen molar-refractivity contribution >= 4 is 29.5 Å². The maximum atomic E-state index is 12.2. The number of anilines is 1. The van der Waals surface area contributed by atoms with Crippen LogP contribution in [0.4, 0.5) is 5.82 Å². The minimum Gasteiger partial charge on any atom is -0.504 e. The van der Waals surface area contributed by atoms with E-state index in [9.17, 15) is 14.7 Å². The molecule has 8 nitrogen and oxygen atoms in total. The molecule has 0 saturated carbocycles. The highest BCUT2D eigenvalue weighted by atomic mass is 32.2. The number of hydrogen-bond donors (Lipinski definition) is 2. The van der Waals surface area contributed by atoms with Gasteiger partial charge >= 0.3 is 5.97 Å². The second-order valence-electron chi connectivity index (χ2n) is 5.98. The highest BCUT2D eigenvalue weighted by Crippen LogP contribution is 2.44. The first-order valence-corrected chi connectivity index (χ1v) is 9.50. The van der Waals surface area contributed by atoms with Gasteiger partial charge in [0.05, 0.1) is 30.4 Å². The fraction of sp³-hybridized carbons (Fsp3) is 0.389. The number of aromatic hydroxyl groups is 1. The van der Waals surface area contributed by atoms with E-state index in [1.165, 1.54) is 23.6 Å². The van der Waals surface area contributed by atoms with Crippen molar-refractivity contribution in [3.63, 3.8) is 0 Å². The van der Waals surface area contributed by atoms with Crippen LogP contribution in [0.1, 0.15) is 29.0 Å². The minimum absolute atomic E-state index is 0.0454. The normalized spacial score (nSPS) is 16.3. The monoisotopic (exact) mass is 391 g/mol. The SMILES string of the molecule is CCOC(=O)Cn1nc(C)c2c1NC(=O)CSC2c1ccc(O)c(OC)c1. The lowest BCUT2D eigenvalue weighted by Crippen LogP contribution is -2.20. The molecule has 0 fully saturated rings. The first-order valence-electron chi connectivity index (χ1n) is 8.45. The van der Waals surface area contributed by atoms with Crippen molar-refractivity contribution < 1.29 is 24.2 Å². The van der Waals surface area contributed by atoms with E-state index in [0.717, 1.165) is 11.1 Å². The molecule has 1 aromatic carbocycles. The third-order valence-corrected chi connectivity index (χ3v) is 5.44. The Morgan fingerprint density at radius 1 is 1.48 bits per heavy atom. The van der Waals surface area contributed by atoms with Gasteiger partial charge in [0.2, 0.25) is 5.91 Å². The Morgan fingerprint density at radius 3 is 2.96 bits per heavy atom. The van der Waals surface area contributed by atoms with E-state index in [4.69, 9.17) is 9.47 Å². The van der Waals surface area contributed by atoms with Crippen molar-refractivity contribution in [2.24, 2.45) is 0 Å². The van der Waals surface area contributed by atoms with E-state index < -0.39 is 5.97 Å². The molecule has 9 heteroatoms. The van der Waals surface area contributed by atoms with Crippen molar-refractivity contribution in [2.75, 3.05) is 24.8 Å². The van der Waals surface area contributed by atoms with Crippen LogP contribution in [0.15, 0.2) is 18.2 Å². The van der Waals surface area contributed by atoms with Gasteiger partial charge in [0.1, 0.15) is 12.4 Å². The Kier molecular flexibility index (Phi) is 5.59. The van der Waals surface area contributed by atoms with Crippen molar-refractivity contribution in [1.29, 1.82) is 0 Å². The van der Waals surface area contributed by atoms with Crippen LogP contribution in [-0.4, -0.2) is 46.2 Å². The number of nitrogens with one attached hydrogen (secondary N) is 1. The Morgan fingerprint density at radius 2 is 2.26 bits per heavy atom. The number of carbonyl (C=O) groups excluding carboxylic acids is 2. The fourth-order valence-corrected chi connectivity index (χ4v) is 4.19. The molecule has 0 spiro atoms. The van der Waals surface area contributed by atoms with Crippen LogP contribution < -0.4 is 10.1 Å². The Hall–Kier alpha value is -2.68. The number of phenolic OH excluding ortho intramolecular Hbond substituents is 1. The molecule has 0 bridgehead atoms. The maximum absolute atomic E-state index is 12.2. The summed E-state index contributed by atoms with van der Waals surface area (Å²) in [6.07, 6.45) is 0. The average molecular weight is 391 g/mol. The fourth-order valence-electron chi connectivity index (χ4n) is 3.02. The third-order valence-electron chi connectivity index (χ3n) is 4.17. The number of aryl methyl sites for hydroxylation is 1. The molecule has 2 aromatic rings.